The Bertz CT molecular complexity index is 402. The lowest BCUT2D eigenvalue weighted by Crippen LogP contribution is -2.37. The SMILES string of the molecule is CCc1ccccc1CNC(=NC)NCCC(C)C.I. The smallest absolute Gasteiger partial charge is 0.191 e. The number of guanidine groups is 1. The Morgan fingerprint density at radius 2 is 1.80 bits per heavy atom. The van der Waals surface area contributed by atoms with Crippen LogP contribution in [-0.2, 0) is 13.0 Å². The van der Waals surface area contributed by atoms with Crippen LogP contribution in [0.15, 0.2) is 29.3 Å². The zero-order valence-electron chi connectivity index (χ0n) is 13.1. The number of halogens is 1. The van der Waals surface area contributed by atoms with E-state index in [0.717, 1.165) is 31.9 Å². The van der Waals surface area contributed by atoms with Gasteiger partial charge in [0.25, 0.3) is 0 Å². The maximum Gasteiger partial charge on any atom is 0.191 e. The van der Waals surface area contributed by atoms with Crippen LogP contribution in [0.3, 0.4) is 0 Å². The highest BCUT2D eigenvalue weighted by molar-refractivity contribution is 14.0. The van der Waals surface area contributed by atoms with E-state index in [1.807, 2.05) is 7.05 Å². The minimum atomic E-state index is 0. The monoisotopic (exact) mass is 389 g/mol. The Kier molecular flexibility index (Phi) is 10.5. The number of hydrogen-bond acceptors (Lipinski definition) is 1. The molecular weight excluding hydrogens is 361 g/mol. The number of nitrogens with zero attached hydrogens (tertiary/aromatic N) is 1. The third kappa shape index (κ3) is 7.12. The quantitative estimate of drug-likeness (QED) is 0.443. The van der Waals surface area contributed by atoms with Gasteiger partial charge in [-0.15, -0.1) is 24.0 Å². The normalized spacial score (nSPS) is 11.2. The highest BCUT2D eigenvalue weighted by atomic mass is 127. The molecule has 2 N–H and O–H groups in total. The molecule has 0 aromatic heterocycles. The van der Waals surface area contributed by atoms with Crippen molar-refractivity contribution in [1.82, 2.24) is 10.6 Å². The topological polar surface area (TPSA) is 36.4 Å². The second kappa shape index (κ2) is 10.9. The van der Waals surface area contributed by atoms with E-state index in [0.29, 0.717) is 5.92 Å². The van der Waals surface area contributed by atoms with E-state index in [-0.39, 0.29) is 24.0 Å². The number of rotatable bonds is 6. The van der Waals surface area contributed by atoms with Crippen LogP contribution in [0.1, 0.15) is 38.3 Å². The first-order chi connectivity index (χ1) is 9.17. The van der Waals surface area contributed by atoms with Crippen molar-refractivity contribution >= 4 is 29.9 Å². The molecule has 20 heavy (non-hydrogen) atoms. The molecule has 0 saturated heterocycles. The molecule has 0 unspecified atom stereocenters. The van der Waals surface area contributed by atoms with Crippen LogP contribution in [0, 0.1) is 5.92 Å². The zero-order chi connectivity index (χ0) is 14.1. The summed E-state index contributed by atoms with van der Waals surface area (Å²) in [5, 5.41) is 6.72. The highest BCUT2D eigenvalue weighted by Gasteiger charge is 2.02. The van der Waals surface area contributed by atoms with Gasteiger partial charge in [0.15, 0.2) is 5.96 Å². The van der Waals surface area contributed by atoms with Gasteiger partial charge in [0.05, 0.1) is 0 Å². The maximum absolute atomic E-state index is 4.25. The average molecular weight is 389 g/mol. The summed E-state index contributed by atoms with van der Waals surface area (Å²) in [4.78, 5) is 4.25. The van der Waals surface area contributed by atoms with Crippen LogP contribution < -0.4 is 10.6 Å². The molecule has 0 fully saturated rings. The van der Waals surface area contributed by atoms with Crippen molar-refractivity contribution in [2.24, 2.45) is 10.9 Å². The van der Waals surface area contributed by atoms with Gasteiger partial charge in [-0.3, -0.25) is 4.99 Å². The molecule has 0 aliphatic rings. The molecule has 0 bridgehead atoms. The van der Waals surface area contributed by atoms with Crippen molar-refractivity contribution < 1.29 is 0 Å². The van der Waals surface area contributed by atoms with Gasteiger partial charge in [0.2, 0.25) is 0 Å². The first kappa shape index (κ1) is 19.2. The van der Waals surface area contributed by atoms with Crippen LogP contribution in [0.5, 0.6) is 0 Å². The number of aryl methyl sites for hydroxylation is 1. The molecule has 0 radical (unpaired) electrons. The summed E-state index contributed by atoms with van der Waals surface area (Å²) in [6.07, 6.45) is 2.23. The summed E-state index contributed by atoms with van der Waals surface area (Å²) >= 11 is 0. The summed E-state index contributed by atoms with van der Waals surface area (Å²) in [7, 11) is 1.82. The molecule has 0 aliphatic carbocycles. The second-order valence-electron chi connectivity index (χ2n) is 5.16. The molecule has 0 saturated carbocycles. The molecule has 1 aromatic carbocycles. The molecule has 0 amide bonds. The van der Waals surface area contributed by atoms with E-state index in [1.54, 1.807) is 0 Å². The van der Waals surface area contributed by atoms with Gasteiger partial charge in [-0.05, 0) is 29.9 Å². The Balaban J connectivity index is 0.00000361. The Labute approximate surface area is 140 Å². The molecule has 0 heterocycles. The number of hydrogen-bond donors (Lipinski definition) is 2. The Hall–Kier alpha value is -0.780. The minimum Gasteiger partial charge on any atom is -0.356 e. The van der Waals surface area contributed by atoms with Gasteiger partial charge in [0, 0.05) is 20.1 Å². The molecule has 0 atom stereocenters. The number of aliphatic imine (C=N–C) groups is 1. The van der Waals surface area contributed by atoms with Crippen LogP contribution in [0.4, 0.5) is 0 Å². The molecular formula is C16H28IN3. The van der Waals surface area contributed by atoms with Gasteiger partial charge in [-0.1, -0.05) is 45.0 Å². The maximum atomic E-state index is 4.25. The number of benzene rings is 1. The first-order valence-electron chi connectivity index (χ1n) is 7.18. The fourth-order valence-corrected chi connectivity index (χ4v) is 1.95. The third-order valence-corrected chi connectivity index (χ3v) is 3.18. The van der Waals surface area contributed by atoms with E-state index in [9.17, 15) is 0 Å². The fourth-order valence-electron chi connectivity index (χ4n) is 1.95. The standard InChI is InChI=1S/C16H27N3.HI/c1-5-14-8-6-7-9-15(14)12-19-16(17-4)18-11-10-13(2)3;/h6-9,13H,5,10-12H2,1-4H3,(H2,17,18,19);1H. The predicted molar refractivity (Wildman–Crippen MR) is 98.9 cm³/mol. The largest absolute Gasteiger partial charge is 0.356 e. The van der Waals surface area contributed by atoms with E-state index in [2.05, 4.69) is 60.7 Å². The molecule has 3 nitrogen and oxygen atoms in total. The van der Waals surface area contributed by atoms with Crippen LogP contribution in [-0.4, -0.2) is 19.6 Å². The van der Waals surface area contributed by atoms with Crippen molar-refractivity contribution in [3.63, 3.8) is 0 Å². The van der Waals surface area contributed by atoms with E-state index < -0.39 is 0 Å². The van der Waals surface area contributed by atoms with Crippen molar-refractivity contribution in [3.8, 4) is 0 Å². The second-order valence-corrected chi connectivity index (χ2v) is 5.16. The summed E-state index contributed by atoms with van der Waals surface area (Å²) < 4.78 is 0. The van der Waals surface area contributed by atoms with Crippen LogP contribution in [0.2, 0.25) is 0 Å². The van der Waals surface area contributed by atoms with E-state index in [1.165, 1.54) is 11.1 Å². The van der Waals surface area contributed by atoms with Crippen molar-refractivity contribution in [3.05, 3.63) is 35.4 Å². The molecule has 0 spiro atoms. The fraction of sp³-hybridized carbons (Fsp3) is 0.562. The molecule has 1 aromatic rings. The van der Waals surface area contributed by atoms with Crippen molar-refractivity contribution in [2.45, 2.75) is 40.2 Å². The van der Waals surface area contributed by atoms with Gasteiger partial charge >= 0.3 is 0 Å². The molecule has 114 valence electrons. The van der Waals surface area contributed by atoms with Gasteiger partial charge < -0.3 is 10.6 Å². The Morgan fingerprint density at radius 1 is 1.15 bits per heavy atom. The van der Waals surface area contributed by atoms with Crippen LogP contribution >= 0.6 is 24.0 Å². The third-order valence-electron chi connectivity index (χ3n) is 3.18. The average Bonchev–Trinajstić information content (AvgIpc) is 2.42. The van der Waals surface area contributed by atoms with Gasteiger partial charge in [-0.25, -0.2) is 0 Å². The Morgan fingerprint density at radius 3 is 2.35 bits per heavy atom. The highest BCUT2D eigenvalue weighted by Crippen LogP contribution is 2.08. The lowest BCUT2D eigenvalue weighted by molar-refractivity contribution is 0.573. The molecule has 1 rings (SSSR count). The van der Waals surface area contributed by atoms with Crippen molar-refractivity contribution in [1.29, 1.82) is 0 Å². The summed E-state index contributed by atoms with van der Waals surface area (Å²) in [5.74, 6) is 1.60. The molecule has 4 heteroatoms. The first-order valence-corrected chi connectivity index (χ1v) is 7.18. The van der Waals surface area contributed by atoms with Gasteiger partial charge in [-0.2, -0.15) is 0 Å². The van der Waals surface area contributed by atoms with Crippen LogP contribution in [0.25, 0.3) is 0 Å². The number of nitrogens with one attached hydrogen (secondary N) is 2. The minimum absolute atomic E-state index is 0. The molecule has 0 aliphatic heterocycles. The lowest BCUT2D eigenvalue weighted by atomic mass is 10.1. The van der Waals surface area contributed by atoms with E-state index in [4.69, 9.17) is 0 Å². The summed E-state index contributed by atoms with van der Waals surface area (Å²) in [5.41, 5.74) is 2.74. The van der Waals surface area contributed by atoms with E-state index >= 15 is 0 Å². The summed E-state index contributed by atoms with van der Waals surface area (Å²) in [6, 6.07) is 8.54. The van der Waals surface area contributed by atoms with Crippen molar-refractivity contribution in [2.75, 3.05) is 13.6 Å². The zero-order valence-corrected chi connectivity index (χ0v) is 15.4. The predicted octanol–water partition coefficient (Wildman–Crippen LogP) is 3.58. The summed E-state index contributed by atoms with van der Waals surface area (Å²) in [6.45, 7) is 8.44. The lowest BCUT2D eigenvalue weighted by Gasteiger charge is -2.14. The van der Waals surface area contributed by atoms with Gasteiger partial charge in [0.1, 0.15) is 0 Å².